The van der Waals surface area contributed by atoms with Crippen molar-refractivity contribution in [1.29, 1.82) is 0 Å². The van der Waals surface area contributed by atoms with Crippen molar-refractivity contribution < 1.29 is 18.8 Å². The van der Waals surface area contributed by atoms with Gasteiger partial charge in [0.2, 0.25) is 5.91 Å². The number of hydrogen-bond acceptors (Lipinski definition) is 3. The summed E-state index contributed by atoms with van der Waals surface area (Å²) in [7, 11) is 0. The summed E-state index contributed by atoms with van der Waals surface area (Å²) in [4.78, 5) is 34.7. The molecular formula is C19H21FN4O3. The van der Waals surface area contributed by atoms with Crippen LogP contribution in [0.25, 0.3) is 0 Å². The van der Waals surface area contributed by atoms with Gasteiger partial charge in [-0.25, -0.2) is 9.18 Å². The predicted octanol–water partition coefficient (Wildman–Crippen LogP) is 2.64. The predicted molar refractivity (Wildman–Crippen MR) is 101 cm³/mol. The molecule has 0 spiro atoms. The minimum absolute atomic E-state index is 0.190. The highest BCUT2D eigenvalue weighted by Crippen LogP contribution is 2.13. The van der Waals surface area contributed by atoms with E-state index < -0.39 is 11.8 Å². The highest BCUT2D eigenvalue weighted by atomic mass is 19.1. The molecule has 0 aliphatic rings. The molecule has 0 atom stereocenters. The Hall–Kier alpha value is -3.42. The lowest BCUT2D eigenvalue weighted by Gasteiger charge is -2.09. The Morgan fingerprint density at radius 3 is 2.15 bits per heavy atom. The van der Waals surface area contributed by atoms with Crippen molar-refractivity contribution in [3.63, 3.8) is 0 Å². The molecule has 2 rings (SSSR count). The van der Waals surface area contributed by atoms with Crippen molar-refractivity contribution in [2.45, 2.75) is 13.8 Å². The molecular weight excluding hydrogens is 351 g/mol. The van der Waals surface area contributed by atoms with Crippen LogP contribution >= 0.6 is 0 Å². The number of halogens is 1. The lowest BCUT2D eigenvalue weighted by molar-refractivity contribution is -0.114. The fourth-order valence-electron chi connectivity index (χ4n) is 2.21. The van der Waals surface area contributed by atoms with E-state index in [9.17, 15) is 18.8 Å². The van der Waals surface area contributed by atoms with Gasteiger partial charge in [-0.15, -0.1) is 0 Å². The number of rotatable bonds is 6. The average molecular weight is 372 g/mol. The minimum atomic E-state index is -0.493. The largest absolute Gasteiger partial charge is 0.350 e. The Morgan fingerprint density at radius 2 is 1.52 bits per heavy atom. The Balaban J connectivity index is 1.72. The summed E-state index contributed by atoms with van der Waals surface area (Å²) < 4.78 is 13.4. The molecule has 0 aromatic heterocycles. The number of nitrogens with one attached hydrogen (secondary N) is 4. The summed E-state index contributed by atoms with van der Waals surface area (Å²) in [5.41, 5.74) is 1.88. The number of hydrogen-bond donors (Lipinski definition) is 4. The second kappa shape index (κ2) is 9.33. The van der Waals surface area contributed by atoms with Crippen LogP contribution < -0.4 is 21.3 Å². The first-order valence-electron chi connectivity index (χ1n) is 8.32. The van der Waals surface area contributed by atoms with Gasteiger partial charge in [0.1, 0.15) is 5.82 Å². The van der Waals surface area contributed by atoms with Crippen LogP contribution in [-0.2, 0) is 4.79 Å². The summed E-state index contributed by atoms with van der Waals surface area (Å²) >= 11 is 0. The maximum atomic E-state index is 13.4. The molecule has 4 amide bonds. The molecule has 27 heavy (non-hydrogen) atoms. The number of carbonyl (C=O) groups excluding carboxylic acids is 3. The molecule has 0 fully saturated rings. The maximum absolute atomic E-state index is 13.4. The van der Waals surface area contributed by atoms with E-state index in [2.05, 4.69) is 21.3 Å². The molecule has 7 nitrogen and oxygen atoms in total. The average Bonchev–Trinajstić information content (AvgIpc) is 2.62. The number of anilines is 2. The van der Waals surface area contributed by atoms with E-state index in [0.29, 0.717) is 22.5 Å². The van der Waals surface area contributed by atoms with Crippen molar-refractivity contribution >= 4 is 29.2 Å². The summed E-state index contributed by atoms with van der Waals surface area (Å²) in [5.74, 6) is -0.887. The van der Waals surface area contributed by atoms with Crippen LogP contribution in [0.15, 0.2) is 42.5 Å². The number of amides is 4. The monoisotopic (exact) mass is 372 g/mol. The number of carbonyl (C=O) groups is 3. The van der Waals surface area contributed by atoms with Crippen LogP contribution in [-0.4, -0.2) is 30.9 Å². The van der Waals surface area contributed by atoms with E-state index >= 15 is 0 Å². The third-order valence-corrected chi connectivity index (χ3v) is 3.59. The molecule has 142 valence electrons. The van der Waals surface area contributed by atoms with Gasteiger partial charge in [0.25, 0.3) is 5.91 Å². The Morgan fingerprint density at radius 1 is 0.889 bits per heavy atom. The molecule has 2 aromatic rings. The van der Waals surface area contributed by atoms with Crippen LogP contribution in [0.2, 0.25) is 0 Å². The van der Waals surface area contributed by atoms with Gasteiger partial charge >= 0.3 is 6.03 Å². The molecule has 0 radical (unpaired) electrons. The third-order valence-electron chi connectivity index (χ3n) is 3.59. The van der Waals surface area contributed by atoms with Gasteiger partial charge in [0.15, 0.2) is 0 Å². The van der Waals surface area contributed by atoms with Crippen molar-refractivity contribution in [3.05, 3.63) is 59.4 Å². The molecule has 0 heterocycles. The third kappa shape index (κ3) is 6.43. The Kier molecular flexibility index (Phi) is 6.87. The van der Waals surface area contributed by atoms with Gasteiger partial charge in [-0.2, -0.15) is 0 Å². The van der Waals surface area contributed by atoms with Gasteiger partial charge in [0, 0.05) is 37.0 Å². The van der Waals surface area contributed by atoms with E-state index in [1.54, 1.807) is 43.3 Å². The molecule has 0 bridgehead atoms. The molecule has 0 aliphatic heterocycles. The molecule has 2 aromatic carbocycles. The van der Waals surface area contributed by atoms with Gasteiger partial charge in [-0.1, -0.05) is 6.07 Å². The molecule has 8 heteroatoms. The second-order valence-corrected chi connectivity index (χ2v) is 5.86. The van der Waals surface area contributed by atoms with E-state index in [0.717, 1.165) is 0 Å². The Labute approximate surface area is 156 Å². The summed E-state index contributed by atoms with van der Waals surface area (Å²) in [6.07, 6.45) is 0. The van der Waals surface area contributed by atoms with Crippen LogP contribution in [0.4, 0.5) is 20.6 Å². The first-order valence-corrected chi connectivity index (χ1v) is 8.32. The van der Waals surface area contributed by atoms with Crippen LogP contribution in [0.5, 0.6) is 0 Å². The summed E-state index contributed by atoms with van der Waals surface area (Å²) in [5, 5.41) is 10.4. The number of benzene rings is 2. The van der Waals surface area contributed by atoms with E-state index in [1.165, 1.54) is 13.0 Å². The second-order valence-electron chi connectivity index (χ2n) is 5.86. The zero-order valence-corrected chi connectivity index (χ0v) is 15.1. The summed E-state index contributed by atoms with van der Waals surface area (Å²) in [6, 6.07) is 10.4. The fraction of sp³-hybridized carbons (Fsp3) is 0.211. The molecule has 0 unspecified atom stereocenters. The van der Waals surface area contributed by atoms with Gasteiger partial charge in [0.05, 0.1) is 0 Å². The van der Waals surface area contributed by atoms with Crippen molar-refractivity contribution in [2.24, 2.45) is 0 Å². The van der Waals surface area contributed by atoms with Gasteiger partial charge < -0.3 is 21.3 Å². The quantitative estimate of drug-likeness (QED) is 0.587. The zero-order valence-electron chi connectivity index (χ0n) is 15.1. The standard InChI is InChI=1S/C19H21FN4O3/c1-12-3-6-16(11-17(12)20)24-19(27)22-10-9-21-18(26)14-4-7-15(8-5-14)23-13(2)25/h3-8,11H,9-10H2,1-2H3,(H,21,26)(H,23,25)(H2,22,24,27). The Bertz CT molecular complexity index is 837. The van der Waals surface area contributed by atoms with Crippen LogP contribution in [0.1, 0.15) is 22.8 Å². The van der Waals surface area contributed by atoms with E-state index in [4.69, 9.17) is 0 Å². The van der Waals surface area contributed by atoms with Crippen molar-refractivity contribution in [2.75, 3.05) is 23.7 Å². The minimum Gasteiger partial charge on any atom is -0.350 e. The smallest absolute Gasteiger partial charge is 0.319 e. The first kappa shape index (κ1) is 19.9. The fourth-order valence-corrected chi connectivity index (χ4v) is 2.21. The van der Waals surface area contributed by atoms with E-state index in [-0.39, 0.29) is 24.9 Å². The lowest BCUT2D eigenvalue weighted by Crippen LogP contribution is -2.36. The number of aryl methyl sites for hydroxylation is 1. The molecule has 4 N–H and O–H groups in total. The lowest BCUT2D eigenvalue weighted by atomic mass is 10.2. The molecule has 0 saturated heterocycles. The van der Waals surface area contributed by atoms with Crippen molar-refractivity contribution in [3.8, 4) is 0 Å². The zero-order chi connectivity index (χ0) is 19.8. The molecule has 0 saturated carbocycles. The normalized spacial score (nSPS) is 10.0. The highest BCUT2D eigenvalue weighted by molar-refractivity contribution is 5.95. The number of urea groups is 1. The van der Waals surface area contributed by atoms with Gasteiger partial charge in [-0.05, 0) is 48.9 Å². The van der Waals surface area contributed by atoms with Crippen LogP contribution in [0, 0.1) is 12.7 Å². The van der Waals surface area contributed by atoms with E-state index in [1.807, 2.05) is 0 Å². The maximum Gasteiger partial charge on any atom is 0.319 e. The highest BCUT2D eigenvalue weighted by Gasteiger charge is 2.07. The molecule has 0 aliphatic carbocycles. The topological polar surface area (TPSA) is 99.3 Å². The first-order chi connectivity index (χ1) is 12.8. The van der Waals surface area contributed by atoms with Crippen LogP contribution in [0.3, 0.4) is 0 Å². The van der Waals surface area contributed by atoms with Gasteiger partial charge in [-0.3, -0.25) is 9.59 Å². The SMILES string of the molecule is CC(=O)Nc1ccc(C(=O)NCCNC(=O)Nc2ccc(C)c(F)c2)cc1. The van der Waals surface area contributed by atoms with Crippen molar-refractivity contribution in [1.82, 2.24) is 10.6 Å². The summed E-state index contributed by atoms with van der Waals surface area (Å²) in [6.45, 7) is 3.46.